The van der Waals surface area contributed by atoms with E-state index in [1.807, 2.05) is 12.1 Å². The zero-order chi connectivity index (χ0) is 14.8. The average molecular weight is 296 g/mol. The van der Waals surface area contributed by atoms with Gasteiger partial charge in [-0.3, -0.25) is 0 Å². The molecule has 0 radical (unpaired) electrons. The molecule has 112 valence electrons. The third kappa shape index (κ3) is 3.52. The second-order valence-corrected chi connectivity index (χ2v) is 7.78. The molecular weight excluding hydrogens is 272 g/mol. The lowest BCUT2D eigenvalue weighted by atomic mass is 10.2. The van der Waals surface area contributed by atoms with Crippen molar-refractivity contribution >= 4 is 15.5 Å². The maximum atomic E-state index is 11.9. The van der Waals surface area contributed by atoms with Gasteiger partial charge in [0.25, 0.3) is 0 Å². The molecule has 0 aromatic heterocycles. The second kappa shape index (κ2) is 6.14. The van der Waals surface area contributed by atoms with Crippen LogP contribution in [-0.4, -0.2) is 39.8 Å². The summed E-state index contributed by atoms with van der Waals surface area (Å²) >= 11 is 0. The minimum atomic E-state index is -3.19. The summed E-state index contributed by atoms with van der Waals surface area (Å²) in [5, 5.41) is 3.45. The van der Waals surface area contributed by atoms with Gasteiger partial charge in [0.2, 0.25) is 0 Å². The van der Waals surface area contributed by atoms with Crippen molar-refractivity contribution in [3.05, 3.63) is 24.3 Å². The van der Waals surface area contributed by atoms with Crippen molar-refractivity contribution in [3.63, 3.8) is 0 Å². The van der Waals surface area contributed by atoms with Crippen LogP contribution in [0.1, 0.15) is 26.7 Å². The van der Waals surface area contributed by atoms with Crippen molar-refractivity contribution in [1.82, 2.24) is 5.32 Å². The van der Waals surface area contributed by atoms with E-state index >= 15 is 0 Å². The van der Waals surface area contributed by atoms with Crippen LogP contribution in [0.3, 0.4) is 0 Å². The summed E-state index contributed by atoms with van der Waals surface area (Å²) in [6.45, 7) is 6.08. The molecule has 2 rings (SSSR count). The first-order chi connectivity index (χ1) is 9.39. The Morgan fingerprint density at radius 1 is 1.35 bits per heavy atom. The third-order valence-electron chi connectivity index (χ3n) is 3.71. The van der Waals surface area contributed by atoms with E-state index in [0.717, 1.165) is 31.6 Å². The molecule has 0 saturated carbocycles. The Morgan fingerprint density at radius 2 is 2.05 bits per heavy atom. The molecule has 0 bridgehead atoms. The molecule has 1 fully saturated rings. The first kappa shape index (κ1) is 15.3. The fourth-order valence-electron chi connectivity index (χ4n) is 2.74. The molecule has 1 atom stereocenters. The zero-order valence-electron chi connectivity index (χ0n) is 12.5. The SMILES string of the molecule is CC(C)NCC1CCCN1c1ccccc1S(C)(=O)=O. The lowest BCUT2D eigenvalue weighted by Crippen LogP contribution is -2.40. The molecule has 0 spiro atoms. The summed E-state index contributed by atoms with van der Waals surface area (Å²) < 4.78 is 23.9. The van der Waals surface area contributed by atoms with Crippen LogP contribution in [0.5, 0.6) is 0 Å². The highest BCUT2D eigenvalue weighted by atomic mass is 32.2. The Bertz CT molecular complexity index is 555. The summed E-state index contributed by atoms with van der Waals surface area (Å²) in [6.07, 6.45) is 3.50. The van der Waals surface area contributed by atoms with Gasteiger partial charge < -0.3 is 10.2 Å². The van der Waals surface area contributed by atoms with Gasteiger partial charge in [-0.05, 0) is 25.0 Å². The van der Waals surface area contributed by atoms with Gasteiger partial charge in [0.15, 0.2) is 9.84 Å². The molecule has 1 aromatic carbocycles. The number of benzene rings is 1. The molecular formula is C15H24N2O2S. The molecule has 4 nitrogen and oxygen atoms in total. The predicted molar refractivity (Wildman–Crippen MR) is 83.1 cm³/mol. The van der Waals surface area contributed by atoms with E-state index in [-0.39, 0.29) is 0 Å². The molecule has 20 heavy (non-hydrogen) atoms. The summed E-state index contributed by atoms with van der Waals surface area (Å²) in [4.78, 5) is 2.68. The first-order valence-electron chi connectivity index (χ1n) is 7.18. The van der Waals surface area contributed by atoms with Crippen molar-refractivity contribution in [2.75, 3.05) is 24.2 Å². The van der Waals surface area contributed by atoms with Gasteiger partial charge in [-0.15, -0.1) is 0 Å². The lowest BCUT2D eigenvalue weighted by molar-refractivity contribution is 0.522. The first-order valence-corrected chi connectivity index (χ1v) is 9.08. The van der Waals surface area contributed by atoms with Crippen molar-refractivity contribution in [1.29, 1.82) is 0 Å². The summed E-state index contributed by atoms with van der Waals surface area (Å²) in [7, 11) is -3.19. The van der Waals surface area contributed by atoms with Gasteiger partial charge in [-0.25, -0.2) is 8.42 Å². The number of sulfone groups is 1. The van der Waals surface area contributed by atoms with Crippen molar-refractivity contribution < 1.29 is 8.42 Å². The predicted octanol–water partition coefficient (Wildman–Crippen LogP) is 2.06. The molecule has 5 heteroatoms. The Balaban J connectivity index is 2.26. The van der Waals surface area contributed by atoms with Gasteiger partial charge in [0.05, 0.1) is 10.6 Å². The molecule has 1 aliphatic rings. The van der Waals surface area contributed by atoms with Crippen LogP contribution >= 0.6 is 0 Å². The molecule has 1 heterocycles. The van der Waals surface area contributed by atoms with Crippen LogP contribution in [0.25, 0.3) is 0 Å². The number of nitrogens with zero attached hydrogens (tertiary/aromatic N) is 1. The van der Waals surface area contributed by atoms with E-state index in [2.05, 4.69) is 24.1 Å². The van der Waals surface area contributed by atoms with E-state index in [1.165, 1.54) is 6.26 Å². The fourth-order valence-corrected chi connectivity index (χ4v) is 3.64. The van der Waals surface area contributed by atoms with Crippen LogP contribution in [0.4, 0.5) is 5.69 Å². The summed E-state index contributed by atoms with van der Waals surface area (Å²) in [5.74, 6) is 0. The number of hydrogen-bond acceptors (Lipinski definition) is 4. The average Bonchev–Trinajstić information content (AvgIpc) is 2.83. The number of hydrogen-bond donors (Lipinski definition) is 1. The van der Waals surface area contributed by atoms with Gasteiger partial charge in [-0.2, -0.15) is 0 Å². The molecule has 1 aromatic rings. The minimum Gasteiger partial charge on any atom is -0.366 e. The molecule has 1 N–H and O–H groups in total. The maximum Gasteiger partial charge on any atom is 0.177 e. The normalized spacial score (nSPS) is 19.8. The van der Waals surface area contributed by atoms with E-state index < -0.39 is 9.84 Å². The van der Waals surface area contributed by atoms with E-state index in [9.17, 15) is 8.42 Å². The van der Waals surface area contributed by atoms with Crippen molar-refractivity contribution in [2.24, 2.45) is 0 Å². The Kier molecular flexibility index (Phi) is 4.70. The van der Waals surface area contributed by atoms with E-state index in [0.29, 0.717) is 17.0 Å². The Morgan fingerprint density at radius 3 is 2.70 bits per heavy atom. The van der Waals surface area contributed by atoms with Gasteiger partial charge in [0, 0.05) is 31.4 Å². The number of nitrogens with one attached hydrogen (secondary N) is 1. The maximum absolute atomic E-state index is 11.9. The third-order valence-corrected chi connectivity index (χ3v) is 4.86. The fraction of sp³-hybridized carbons (Fsp3) is 0.600. The second-order valence-electron chi connectivity index (χ2n) is 5.79. The van der Waals surface area contributed by atoms with E-state index in [4.69, 9.17) is 0 Å². The largest absolute Gasteiger partial charge is 0.366 e. The van der Waals surface area contributed by atoms with Crippen LogP contribution in [0.15, 0.2) is 29.2 Å². The molecule has 1 saturated heterocycles. The minimum absolute atomic E-state index is 0.375. The molecule has 0 aliphatic carbocycles. The van der Waals surface area contributed by atoms with Gasteiger partial charge in [0.1, 0.15) is 0 Å². The Labute approximate surface area is 122 Å². The van der Waals surface area contributed by atoms with Crippen molar-refractivity contribution in [2.45, 2.75) is 43.7 Å². The standard InChI is InChI=1S/C15H24N2O2S/c1-12(2)16-11-13-7-6-10-17(13)14-8-4-5-9-15(14)20(3,18)19/h4-5,8-9,12-13,16H,6-7,10-11H2,1-3H3. The van der Waals surface area contributed by atoms with Crippen LogP contribution in [0, 0.1) is 0 Å². The number of para-hydroxylation sites is 1. The molecule has 1 unspecified atom stereocenters. The van der Waals surface area contributed by atoms with Gasteiger partial charge >= 0.3 is 0 Å². The molecule has 0 amide bonds. The summed E-state index contributed by atoms with van der Waals surface area (Å²) in [6, 6.07) is 8.15. The highest BCUT2D eigenvalue weighted by Crippen LogP contribution is 2.31. The summed E-state index contributed by atoms with van der Waals surface area (Å²) in [5.41, 5.74) is 0.850. The van der Waals surface area contributed by atoms with Gasteiger partial charge in [-0.1, -0.05) is 26.0 Å². The number of anilines is 1. The zero-order valence-corrected chi connectivity index (χ0v) is 13.3. The Hall–Kier alpha value is -1.07. The van der Waals surface area contributed by atoms with Crippen LogP contribution < -0.4 is 10.2 Å². The molecule has 1 aliphatic heterocycles. The van der Waals surface area contributed by atoms with Crippen LogP contribution in [0.2, 0.25) is 0 Å². The smallest absolute Gasteiger partial charge is 0.177 e. The lowest BCUT2D eigenvalue weighted by Gasteiger charge is -2.29. The van der Waals surface area contributed by atoms with E-state index in [1.54, 1.807) is 12.1 Å². The van der Waals surface area contributed by atoms with Crippen molar-refractivity contribution in [3.8, 4) is 0 Å². The highest BCUT2D eigenvalue weighted by molar-refractivity contribution is 7.90. The number of rotatable bonds is 5. The monoisotopic (exact) mass is 296 g/mol. The highest BCUT2D eigenvalue weighted by Gasteiger charge is 2.28. The van der Waals surface area contributed by atoms with Crippen LogP contribution in [-0.2, 0) is 9.84 Å². The quantitative estimate of drug-likeness (QED) is 0.903. The topological polar surface area (TPSA) is 49.4 Å².